The fraction of sp³-hybridized carbons (Fsp3) is 0.529. The zero-order valence-electron chi connectivity index (χ0n) is 21.8. The normalized spacial score (nSPS) is 23.2. The van der Waals surface area contributed by atoms with Gasteiger partial charge in [-0.3, -0.25) is 0 Å². The van der Waals surface area contributed by atoms with Crippen LogP contribution in [-0.2, 0) is 6.42 Å². The molecule has 0 aromatic heterocycles. The van der Waals surface area contributed by atoms with E-state index in [4.69, 9.17) is 0 Å². The number of hydrogen-bond acceptors (Lipinski definition) is 0. The first kappa shape index (κ1) is 25.0. The summed E-state index contributed by atoms with van der Waals surface area (Å²) in [6.45, 7) is 4.40. The van der Waals surface area contributed by atoms with E-state index in [0.717, 1.165) is 17.8 Å². The van der Waals surface area contributed by atoms with Crippen molar-refractivity contribution in [3.05, 3.63) is 83.5 Å². The van der Waals surface area contributed by atoms with Gasteiger partial charge in [0.1, 0.15) is 0 Å². The highest BCUT2D eigenvalue weighted by molar-refractivity contribution is 5.64. The summed E-state index contributed by atoms with van der Waals surface area (Å²) >= 11 is 0. The van der Waals surface area contributed by atoms with Crippen molar-refractivity contribution in [2.45, 2.75) is 103 Å². The third-order valence-electron chi connectivity index (χ3n) is 8.59. The Morgan fingerprint density at radius 1 is 0.765 bits per heavy atom. The molecule has 0 aliphatic heterocycles. The summed E-state index contributed by atoms with van der Waals surface area (Å²) in [6.07, 6.45) is 24.5. The Morgan fingerprint density at radius 3 is 2.09 bits per heavy atom. The first-order chi connectivity index (χ1) is 16.8. The van der Waals surface area contributed by atoms with E-state index in [-0.39, 0.29) is 0 Å². The fourth-order valence-corrected chi connectivity index (χ4v) is 6.31. The SMILES string of the molecule is C/C=C/CCC1=CCC(C2CCC(c3ccc(-c4ccc(CCCCC)cc4)cc3)CC2)CC1. The van der Waals surface area contributed by atoms with Gasteiger partial charge in [0.15, 0.2) is 0 Å². The highest BCUT2D eigenvalue weighted by atomic mass is 14.3. The maximum Gasteiger partial charge on any atom is -0.0162 e. The van der Waals surface area contributed by atoms with Gasteiger partial charge in [-0.15, -0.1) is 0 Å². The van der Waals surface area contributed by atoms with Gasteiger partial charge < -0.3 is 0 Å². The summed E-state index contributed by atoms with van der Waals surface area (Å²) in [6, 6.07) is 18.8. The molecule has 0 saturated heterocycles. The lowest BCUT2D eigenvalue weighted by Gasteiger charge is -2.35. The van der Waals surface area contributed by atoms with Gasteiger partial charge in [0.2, 0.25) is 0 Å². The van der Waals surface area contributed by atoms with Gasteiger partial charge in [-0.2, -0.15) is 0 Å². The predicted octanol–water partition coefficient (Wildman–Crippen LogP) is 10.4. The van der Waals surface area contributed by atoms with E-state index < -0.39 is 0 Å². The Balaban J connectivity index is 1.25. The molecule has 0 amide bonds. The van der Waals surface area contributed by atoms with Crippen LogP contribution in [0.4, 0.5) is 0 Å². The number of unbranched alkanes of at least 4 members (excludes halogenated alkanes) is 2. The van der Waals surface area contributed by atoms with Crippen molar-refractivity contribution >= 4 is 0 Å². The summed E-state index contributed by atoms with van der Waals surface area (Å²) < 4.78 is 0. The second kappa shape index (κ2) is 13.1. The smallest absolute Gasteiger partial charge is 0.0162 e. The van der Waals surface area contributed by atoms with E-state index >= 15 is 0 Å². The second-order valence-corrected chi connectivity index (χ2v) is 10.9. The molecule has 1 fully saturated rings. The van der Waals surface area contributed by atoms with Crippen molar-refractivity contribution in [1.29, 1.82) is 0 Å². The van der Waals surface area contributed by atoms with Crippen molar-refractivity contribution in [2.75, 3.05) is 0 Å². The van der Waals surface area contributed by atoms with Crippen molar-refractivity contribution in [3.8, 4) is 11.1 Å². The third kappa shape index (κ3) is 6.97. The average Bonchev–Trinajstić information content (AvgIpc) is 2.90. The molecule has 1 unspecified atom stereocenters. The summed E-state index contributed by atoms with van der Waals surface area (Å²) in [4.78, 5) is 0. The monoisotopic (exact) mass is 454 g/mol. The van der Waals surface area contributed by atoms with Gasteiger partial charge >= 0.3 is 0 Å². The molecule has 0 heterocycles. The molecule has 1 atom stereocenters. The van der Waals surface area contributed by atoms with Crippen LogP contribution >= 0.6 is 0 Å². The minimum absolute atomic E-state index is 0.766. The minimum Gasteiger partial charge on any atom is -0.0917 e. The van der Waals surface area contributed by atoms with Gasteiger partial charge in [0.25, 0.3) is 0 Å². The van der Waals surface area contributed by atoms with Crippen LogP contribution in [0.15, 0.2) is 72.3 Å². The first-order valence-corrected chi connectivity index (χ1v) is 14.2. The van der Waals surface area contributed by atoms with Gasteiger partial charge in [-0.1, -0.05) is 92.1 Å². The summed E-state index contributed by atoms with van der Waals surface area (Å²) in [5, 5.41) is 0. The third-order valence-corrected chi connectivity index (χ3v) is 8.59. The quantitative estimate of drug-likeness (QED) is 0.247. The topological polar surface area (TPSA) is 0 Å². The second-order valence-electron chi connectivity index (χ2n) is 10.9. The number of aryl methyl sites for hydroxylation is 1. The summed E-state index contributed by atoms with van der Waals surface area (Å²) in [7, 11) is 0. The first-order valence-electron chi connectivity index (χ1n) is 14.2. The molecule has 0 bridgehead atoms. The van der Waals surface area contributed by atoms with Crippen LogP contribution in [0, 0.1) is 11.8 Å². The van der Waals surface area contributed by atoms with Gasteiger partial charge in [0, 0.05) is 0 Å². The van der Waals surface area contributed by atoms with Crippen molar-refractivity contribution in [3.63, 3.8) is 0 Å². The maximum absolute atomic E-state index is 2.60. The number of allylic oxidation sites excluding steroid dienone is 4. The molecular formula is C34H46. The summed E-state index contributed by atoms with van der Waals surface area (Å²) in [5.41, 5.74) is 7.47. The summed E-state index contributed by atoms with van der Waals surface area (Å²) in [5.74, 6) is 2.67. The van der Waals surface area contributed by atoms with Gasteiger partial charge in [-0.05, 0) is 118 Å². The van der Waals surface area contributed by atoms with Gasteiger partial charge in [0.05, 0.1) is 0 Å². The average molecular weight is 455 g/mol. The van der Waals surface area contributed by atoms with E-state index in [2.05, 4.69) is 80.6 Å². The zero-order valence-corrected chi connectivity index (χ0v) is 21.8. The van der Waals surface area contributed by atoms with Crippen molar-refractivity contribution < 1.29 is 0 Å². The van der Waals surface area contributed by atoms with Crippen molar-refractivity contribution in [1.82, 2.24) is 0 Å². The van der Waals surface area contributed by atoms with Crippen LogP contribution in [0.1, 0.15) is 108 Å². The maximum atomic E-state index is 2.60. The largest absolute Gasteiger partial charge is 0.0917 e. The number of rotatable bonds is 10. The Kier molecular flexibility index (Phi) is 9.66. The minimum atomic E-state index is 0.766. The fourth-order valence-electron chi connectivity index (χ4n) is 6.31. The van der Waals surface area contributed by atoms with Crippen LogP contribution in [-0.4, -0.2) is 0 Å². The van der Waals surface area contributed by atoms with Crippen LogP contribution in [0.25, 0.3) is 11.1 Å². The molecule has 2 aromatic rings. The van der Waals surface area contributed by atoms with Crippen LogP contribution in [0.5, 0.6) is 0 Å². The molecule has 2 aromatic carbocycles. The molecule has 0 spiro atoms. The lowest BCUT2D eigenvalue weighted by molar-refractivity contribution is 0.217. The van der Waals surface area contributed by atoms with E-state index in [0.29, 0.717) is 0 Å². The molecule has 2 aliphatic carbocycles. The van der Waals surface area contributed by atoms with Crippen LogP contribution < -0.4 is 0 Å². The molecule has 4 rings (SSSR count). The van der Waals surface area contributed by atoms with Gasteiger partial charge in [-0.25, -0.2) is 0 Å². The Labute approximate surface area is 209 Å². The molecule has 182 valence electrons. The highest BCUT2D eigenvalue weighted by Gasteiger charge is 2.29. The van der Waals surface area contributed by atoms with Crippen LogP contribution in [0.2, 0.25) is 0 Å². The zero-order chi connectivity index (χ0) is 23.6. The standard InChI is InChI=1S/C34H46/c1-3-5-7-9-27-11-15-29(16-12-27)31-19-23-33(24-20-31)34-25-21-32(22-26-34)30-17-13-28(14-18-30)10-8-6-4-2/h3,5,11,13-14,17-18,21-22,25-26,29,31,33H,4,6-10,12,15-16,19-20,23-24H2,1-2H3/b5-3+. The number of benzene rings is 2. The Bertz CT molecular complexity index is 904. The Morgan fingerprint density at radius 2 is 1.47 bits per heavy atom. The molecule has 0 nitrogen and oxygen atoms in total. The number of hydrogen-bond donors (Lipinski definition) is 0. The van der Waals surface area contributed by atoms with E-state index in [1.54, 1.807) is 11.1 Å². The molecule has 1 saturated carbocycles. The molecule has 34 heavy (non-hydrogen) atoms. The molecular weight excluding hydrogens is 408 g/mol. The van der Waals surface area contributed by atoms with Crippen molar-refractivity contribution in [2.24, 2.45) is 11.8 Å². The Hall–Kier alpha value is -2.08. The highest BCUT2D eigenvalue weighted by Crippen LogP contribution is 2.43. The van der Waals surface area contributed by atoms with E-state index in [1.165, 1.54) is 100 Å². The molecule has 0 radical (unpaired) electrons. The van der Waals surface area contributed by atoms with Crippen LogP contribution in [0.3, 0.4) is 0 Å². The molecule has 0 N–H and O–H groups in total. The molecule has 2 aliphatic rings. The predicted molar refractivity (Wildman–Crippen MR) is 149 cm³/mol. The molecule has 0 heteroatoms. The lowest BCUT2D eigenvalue weighted by atomic mass is 9.70. The van der Waals surface area contributed by atoms with E-state index in [1.807, 2.05) is 0 Å². The van der Waals surface area contributed by atoms with E-state index in [9.17, 15) is 0 Å². The lowest BCUT2D eigenvalue weighted by Crippen LogP contribution is -2.22.